The zero-order valence-electron chi connectivity index (χ0n) is 22.5. The van der Waals surface area contributed by atoms with Crippen LogP contribution < -0.4 is 5.32 Å². The number of hydrogen-bond acceptors (Lipinski definition) is 8. The average Bonchev–Trinajstić information content (AvgIpc) is 3.61. The largest absolute Gasteiger partial charge is 0.394 e. The Balaban J connectivity index is 1.34. The van der Waals surface area contributed by atoms with E-state index in [0.29, 0.717) is 21.6 Å². The highest BCUT2D eigenvalue weighted by Crippen LogP contribution is 2.43. The molecule has 4 heterocycles. The Morgan fingerprint density at radius 2 is 1.91 bits per heavy atom. The molecular formula is C29H26ClF3N4O6. The number of aryl methyl sites for hydroxylation is 1. The summed E-state index contributed by atoms with van der Waals surface area (Å²) in [6.07, 6.45) is -1.72. The van der Waals surface area contributed by atoms with Crippen LogP contribution in [0.15, 0.2) is 48.8 Å². The Hall–Kier alpha value is -3.59. The Morgan fingerprint density at radius 3 is 2.63 bits per heavy atom. The number of fused-ring (bicyclic) bond motifs is 1. The van der Waals surface area contributed by atoms with Crippen molar-refractivity contribution in [1.29, 1.82) is 0 Å². The molecule has 226 valence electrons. The van der Waals surface area contributed by atoms with Gasteiger partial charge in [-0.2, -0.15) is 5.10 Å². The molecule has 2 aliphatic rings. The fourth-order valence-corrected chi connectivity index (χ4v) is 5.98. The lowest BCUT2D eigenvalue weighted by Crippen LogP contribution is -2.68. The van der Waals surface area contributed by atoms with Crippen molar-refractivity contribution in [2.45, 2.75) is 49.5 Å². The van der Waals surface area contributed by atoms with Crippen LogP contribution in [0.2, 0.25) is 5.02 Å². The topological polar surface area (TPSA) is 139 Å². The Morgan fingerprint density at radius 1 is 1.16 bits per heavy atom. The molecule has 2 saturated heterocycles. The number of benzene rings is 2. The van der Waals surface area contributed by atoms with Gasteiger partial charge in [0.05, 0.1) is 36.5 Å². The zero-order valence-corrected chi connectivity index (χ0v) is 23.3. The van der Waals surface area contributed by atoms with E-state index in [0.717, 1.165) is 16.8 Å². The molecule has 43 heavy (non-hydrogen) atoms. The number of aromatic nitrogens is 3. The maximum atomic E-state index is 13.9. The second kappa shape index (κ2) is 11.2. The lowest BCUT2D eigenvalue weighted by molar-refractivity contribution is -0.344. The SMILES string of the molecule is Cc1cc(C(=O)N[C@@H]2CCO[C@]23O[C@H](CO)[C@H](O)[C@H](n2cc(-c4cc(F)c(F)c(F)c4)cn2)[C@H]3O)c2cc(Cl)ccc2n1. The van der Waals surface area contributed by atoms with Gasteiger partial charge in [-0.1, -0.05) is 11.6 Å². The average molecular weight is 619 g/mol. The smallest absolute Gasteiger partial charge is 0.252 e. The molecule has 2 aliphatic heterocycles. The molecule has 0 saturated carbocycles. The van der Waals surface area contributed by atoms with Crippen LogP contribution in [-0.2, 0) is 9.47 Å². The molecule has 0 radical (unpaired) electrons. The second-order valence-electron chi connectivity index (χ2n) is 10.6. The number of pyridine rings is 1. The summed E-state index contributed by atoms with van der Waals surface area (Å²) in [5.74, 6) is -6.85. The molecule has 14 heteroatoms. The van der Waals surface area contributed by atoms with Gasteiger partial charge < -0.3 is 30.1 Å². The number of amides is 1. The van der Waals surface area contributed by atoms with Crippen molar-refractivity contribution in [3.63, 3.8) is 0 Å². The standard InChI is InChI=1S/C29H26ClF3N4O6/c1-13-6-18(17-9-16(30)2-3-21(17)35-13)28(41)36-23-4-5-42-29(23)27(40)25(26(39)22(12-38)43-29)37-11-15(10-34-37)14-7-19(31)24(33)20(32)8-14/h2-3,6-11,22-23,25-27,38-40H,4-5,12H2,1H3,(H,36,41)/t22-,23-,25+,26+,27-,29+/m1/s1. The van der Waals surface area contributed by atoms with Crippen molar-refractivity contribution >= 4 is 28.4 Å². The third-order valence-electron chi connectivity index (χ3n) is 7.87. The van der Waals surface area contributed by atoms with E-state index in [2.05, 4.69) is 15.4 Å². The summed E-state index contributed by atoms with van der Waals surface area (Å²) in [4.78, 5) is 18.1. The molecule has 0 aliphatic carbocycles. The zero-order chi connectivity index (χ0) is 30.6. The van der Waals surface area contributed by atoms with E-state index in [9.17, 15) is 33.3 Å². The maximum absolute atomic E-state index is 13.9. The van der Waals surface area contributed by atoms with E-state index in [4.69, 9.17) is 21.1 Å². The monoisotopic (exact) mass is 618 g/mol. The molecule has 0 unspecified atom stereocenters. The Kier molecular flexibility index (Phi) is 7.65. The molecule has 4 aromatic rings. The molecule has 2 fully saturated rings. The third kappa shape index (κ3) is 5.05. The van der Waals surface area contributed by atoms with Gasteiger partial charge in [-0.05, 0) is 55.3 Å². The van der Waals surface area contributed by atoms with Gasteiger partial charge in [-0.15, -0.1) is 0 Å². The molecule has 6 rings (SSSR count). The maximum Gasteiger partial charge on any atom is 0.252 e. The van der Waals surface area contributed by atoms with Crippen LogP contribution in [0.3, 0.4) is 0 Å². The van der Waals surface area contributed by atoms with Crippen molar-refractivity contribution in [3.05, 3.63) is 82.5 Å². The quantitative estimate of drug-likeness (QED) is 0.251. The minimum atomic E-state index is -1.91. The predicted octanol–water partition coefficient (Wildman–Crippen LogP) is 3.05. The predicted molar refractivity (Wildman–Crippen MR) is 147 cm³/mol. The van der Waals surface area contributed by atoms with Crippen LogP contribution >= 0.6 is 11.6 Å². The van der Waals surface area contributed by atoms with Crippen LogP contribution in [0.25, 0.3) is 22.0 Å². The van der Waals surface area contributed by atoms with E-state index in [1.165, 1.54) is 12.4 Å². The summed E-state index contributed by atoms with van der Waals surface area (Å²) in [6.45, 7) is 1.12. The number of ether oxygens (including phenoxy) is 2. The lowest BCUT2D eigenvalue weighted by Gasteiger charge is -2.49. The molecule has 10 nitrogen and oxygen atoms in total. The second-order valence-corrected chi connectivity index (χ2v) is 11.0. The van der Waals surface area contributed by atoms with Crippen LogP contribution in [0.1, 0.15) is 28.5 Å². The molecule has 0 bridgehead atoms. The van der Waals surface area contributed by atoms with Crippen molar-refractivity contribution in [3.8, 4) is 11.1 Å². The highest BCUT2D eigenvalue weighted by molar-refractivity contribution is 6.31. The van der Waals surface area contributed by atoms with Gasteiger partial charge in [0, 0.05) is 27.9 Å². The first-order valence-corrected chi connectivity index (χ1v) is 13.8. The van der Waals surface area contributed by atoms with Crippen LogP contribution in [-0.4, -0.2) is 79.3 Å². The third-order valence-corrected chi connectivity index (χ3v) is 8.11. The first kappa shape index (κ1) is 29.5. The summed E-state index contributed by atoms with van der Waals surface area (Å²) in [7, 11) is 0. The Labute approximate surface area is 247 Å². The highest BCUT2D eigenvalue weighted by atomic mass is 35.5. The summed E-state index contributed by atoms with van der Waals surface area (Å²) in [6, 6.07) is 5.91. The first-order valence-electron chi connectivity index (χ1n) is 13.4. The van der Waals surface area contributed by atoms with E-state index in [1.54, 1.807) is 31.2 Å². The van der Waals surface area contributed by atoms with Crippen LogP contribution in [0.5, 0.6) is 0 Å². The van der Waals surface area contributed by atoms with Crippen molar-refractivity contribution < 1.29 is 42.8 Å². The van der Waals surface area contributed by atoms with Gasteiger partial charge in [-0.25, -0.2) is 13.2 Å². The normalized spacial score (nSPS) is 27.2. The van der Waals surface area contributed by atoms with E-state index in [1.807, 2.05) is 0 Å². The van der Waals surface area contributed by atoms with E-state index in [-0.39, 0.29) is 29.7 Å². The van der Waals surface area contributed by atoms with Gasteiger partial charge in [0.2, 0.25) is 5.79 Å². The van der Waals surface area contributed by atoms with Gasteiger partial charge in [0.15, 0.2) is 17.5 Å². The number of carbonyl (C=O) groups excluding carboxylic acids is 1. The summed E-state index contributed by atoms with van der Waals surface area (Å²) < 4.78 is 54.3. The van der Waals surface area contributed by atoms with E-state index < -0.39 is 66.1 Å². The number of aliphatic hydroxyl groups is 3. The number of hydrogen-bond donors (Lipinski definition) is 4. The molecule has 4 N–H and O–H groups in total. The highest BCUT2D eigenvalue weighted by Gasteiger charge is 2.62. The molecule has 1 amide bonds. The summed E-state index contributed by atoms with van der Waals surface area (Å²) in [5, 5.41) is 40.8. The van der Waals surface area contributed by atoms with Gasteiger partial charge in [-0.3, -0.25) is 14.5 Å². The lowest BCUT2D eigenvalue weighted by atomic mass is 9.86. The number of nitrogens with zero attached hydrogens (tertiary/aromatic N) is 3. The fraction of sp³-hybridized carbons (Fsp3) is 0.345. The number of halogens is 4. The number of aliphatic hydroxyl groups excluding tert-OH is 3. The van der Waals surface area contributed by atoms with Crippen molar-refractivity contribution in [2.75, 3.05) is 13.2 Å². The number of nitrogens with one attached hydrogen (secondary N) is 1. The molecule has 2 aromatic heterocycles. The molecule has 6 atom stereocenters. The van der Waals surface area contributed by atoms with Crippen LogP contribution in [0.4, 0.5) is 13.2 Å². The van der Waals surface area contributed by atoms with Crippen molar-refractivity contribution in [1.82, 2.24) is 20.1 Å². The van der Waals surface area contributed by atoms with Gasteiger partial charge in [0.25, 0.3) is 5.91 Å². The fourth-order valence-electron chi connectivity index (χ4n) is 5.81. The molecule has 1 spiro atoms. The van der Waals surface area contributed by atoms with Crippen molar-refractivity contribution in [2.24, 2.45) is 0 Å². The van der Waals surface area contributed by atoms with E-state index >= 15 is 0 Å². The molecule has 2 aromatic carbocycles. The summed E-state index contributed by atoms with van der Waals surface area (Å²) >= 11 is 6.18. The summed E-state index contributed by atoms with van der Waals surface area (Å²) in [5.41, 5.74) is 1.55. The minimum absolute atomic E-state index is 0.0330. The minimum Gasteiger partial charge on any atom is -0.394 e. The first-order chi connectivity index (χ1) is 20.5. The molecular weight excluding hydrogens is 593 g/mol. The van der Waals surface area contributed by atoms with Crippen LogP contribution in [0, 0.1) is 24.4 Å². The number of carbonyl (C=O) groups is 1. The number of rotatable bonds is 5. The Bertz CT molecular complexity index is 1700. The van der Waals surface area contributed by atoms with Gasteiger partial charge >= 0.3 is 0 Å². The van der Waals surface area contributed by atoms with Gasteiger partial charge in [0.1, 0.15) is 24.4 Å².